The number of anilines is 1. The van der Waals surface area contributed by atoms with Crippen LogP contribution in [0, 0.1) is 0 Å². The maximum atomic E-state index is 11.0. The summed E-state index contributed by atoms with van der Waals surface area (Å²) in [5.41, 5.74) is 3.10. The normalized spacial score (nSPS) is 17.3. The Hall–Kier alpha value is -3.05. The number of fused-ring (bicyclic) bond motifs is 1. The highest BCUT2D eigenvalue weighted by Gasteiger charge is 2.25. The fraction of sp³-hybridized carbons (Fsp3) is 0.320. The molecule has 3 aromatic carbocycles. The van der Waals surface area contributed by atoms with Gasteiger partial charge in [0.2, 0.25) is 0 Å². The van der Waals surface area contributed by atoms with E-state index in [-0.39, 0.29) is 12.5 Å². The summed E-state index contributed by atoms with van der Waals surface area (Å²) in [6, 6.07) is 21.5. The molecule has 0 spiro atoms. The molecular weight excluding hydrogens is 376 g/mol. The summed E-state index contributed by atoms with van der Waals surface area (Å²) in [4.78, 5) is 13.4. The number of carboxylic acids is 1. The Bertz CT molecular complexity index is 1040. The number of methoxy groups -OCH3 is 1. The molecule has 2 atom stereocenters. The van der Waals surface area contributed by atoms with E-state index in [4.69, 9.17) is 9.84 Å². The van der Waals surface area contributed by atoms with Gasteiger partial charge in [0.15, 0.2) is 0 Å². The molecule has 5 heteroatoms. The van der Waals surface area contributed by atoms with Crippen molar-refractivity contribution in [3.05, 3.63) is 71.8 Å². The summed E-state index contributed by atoms with van der Waals surface area (Å²) in [6.45, 7) is 4.10. The van der Waals surface area contributed by atoms with Crippen molar-refractivity contribution in [1.82, 2.24) is 5.32 Å². The summed E-state index contributed by atoms with van der Waals surface area (Å²) in [5, 5.41) is 15.4. The Morgan fingerprint density at radius 2 is 2.00 bits per heavy atom. The minimum Gasteiger partial charge on any atom is -0.496 e. The van der Waals surface area contributed by atoms with Crippen LogP contribution in [0.2, 0.25) is 0 Å². The van der Waals surface area contributed by atoms with Crippen LogP contribution in [0.15, 0.2) is 60.7 Å². The van der Waals surface area contributed by atoms with Crippen molar-refractivity contribution >= 4 is 22.4 Å². The number of hydrogen-bond acceptors (Lipinski definition) is 4. The maximum absolute atomic E-state index is 11.0. The molecule has 5 nitrogen and oxygen atoms in total. The Balaban J connectivity index is 1.45. The topological polar surface area (TPSA) is 61.8 Å². The molecule has 1 aliphatic rings. The molecule has 1 saturated heterocycles. The molecule has 0 saturated carbocycles. The number of nitrogens with zero attached hydrogens (tertiary/aromatic N) is 1. The van der Waals surface area contributed by atoms with E-state index in [1.54, 1.807) is 7.11 Å². The van der Waals surface area contributed by atoms with Gasteiger partial charge in [0, 0.05) is 42.5 Å². The number of carbonyl (C=O) groups is 1. The largest absolute Gasteiger partial charge is 0.496 e. The zero-order valence-electron chi connectivity index (χ0n) is 17.5. The lowest BCUT2D eigenvalue weighted by atomic mass is 9.99. The molecular formula is C25H28N2O3. The molecule has 1 fully saturated rings. The maximum Gasteiger partial charge on any atom is 0.307 e. The second kappa shape index (κ2) is 8.76. The predicted molar refractivity (Wildman–Crippen MR) is 120 cm³/mol. The van der Waals surface area contributed by atoms with Crippen molar-refractivity contribution in [2.75, 3.05) is 25.1 Å². The van der Waals surface area contributed by atoms with Gasteiger partial charge in [-0.25, -0.2) is 0 Å². The first-order valence-corrected chi connectivity index (χ1v) is 10.4. The number of carboxylic acid groups (broad SMARTS) is 1. The lowest BCUT2D eigenvalue weighted by molar-refractivity contribution is -0.136. The van der Waals surface area contributed by atoms with Crippen molar-refractivity contribution in [3.63, 3.8) is 0 Å². The minimum atomic E-state index is -0.853. The summed E-state index contributed by atoms with van der Waals surface area (Å²) in [6.07, 6.45) is 1.03. The second-order valence-corrected chi connectivity index (χ2v) is 7.96. The molecule has 0 amide bonds. The number of ether oxygens (including phenoxy) is 1. The van der Waals surface area contributed by atoms with Gasteiger partial charge >= 0.3 is 5.97 Å². The smallest absolute Gasteiger partial charge is 0.307 e. The van der Waals surface area contributed by atoms with Gasteiger partial charge in [-0.05, 0) is 35.7 Å². The minimum absolute atomic E-state index is 0.0316. The van der Waals surface area contributed by atoms with Gasteiger partial charge in [0.05, 0.1) is 13.5 Å². The number of aliphatic carboxylic acids is 1. The van der Waals surface area contributed by atoms with E-state index < -0.39 is 5.97 Å². The van der Waals surface area contributed by atoms with Crippen LogP contribution < -0.4 is 15.0 Å². The third-order valence-electron chi connectivity index (χ3n) is 5.94. The Morgan fingerprint density at radius 3 is 2.80 bits per heavy atom. The quantitative estimate of drug-likeness (QED) is 0.611. The standard InChI is InChI=1S/C25H28N2O3/c1-17(22-9-5-7-18-6-3-4-8-23(18)22)26-20-12-13-27(16-20)21-11-10-19(14-25(28)29)24(15-21)30-2/h3-11,15,17,20,26H,12-14,16H2,1-2H3,(H,28,29)/t17-,20+/m1/s1. The highest BCUT2D eigenvalue weighted by molar-refractivity contribution is 5.86. The molecule has 0 bridgehead atoms. The lowest BCUT2D eigenvalue weighted by Crippen LogP contribution is -2.34. The Kier molecular flexibility index (Phi) is 5.91. The van der Waals surface area contributed by atoms with Gasteiger partial charge in [-0.15, -0.1) is 0 Å². The summed E-state index contributed by atoms with van der Waals surface area (Å²) in [7, 11) is 1.59. The third-order valence-corrected chi connectivity index (χ3v) is 5.94. The highest BCUT2D eigenvalue weighted by atomic mass is 16.5. The molecule has 1 aliphatic heterocycles. The van der Waals surface area contributed by atoms with E-state index in [1.807, 2.05) is 18.2 Å². The SMILES string of the molecule is COc1cc(N2CC[C@H](N[C@H](C)c3cccc4ccccc34)C2)ccc1CC(=O)O. The van der Waals surface area contributed by atoms with Crippen LogP contribution in [0.1, 0.15) is 30.5 Å². The van der Waals surface area contributed by atoms with E-state index in [1.165, 1.54) is 16.3 Å². The molecule has 2 N–H and O–H groups in total. The first kappa shape index (κ1) is 20.2. The zero-order valence-corrected chi connectivity index (χ0v) is 17.5. The molecule has 0 unspecified atom stereocenters. The van der Waals surface area contributed by atoms with Crippen molar-refractivity contribution in [1.29, 1.82) is 0 Å². The average molecular weight is 405 g/mol. The Morgan fingerprint density at radius 1 is 1.20 bits per heavy atom. The molecule has 1 heterocycles. The predicted octanol–water partition coefficient (Wildman–Crippen LogP) is 4.41. The van der Waals surface area contributed by atoms with Gasteiger partial charge in [-0.3, -0.25) is 4.79 Å². The summed E-state index contributed by atoms with van der Waals surface area (Å²) >= 11 is 0. The van der Waals surface area contributed by atoms with Crippen LogP contribution in [0.3, 0.4) is 0 Å². The fourth-order valence-corrected chi connectivity index (χ4v) is 4.44. The molecule has 4 rings (SSSR count). The first-order chi connectivity index (χ1) is 14.5. The summed E-state index contributed by atoms with van der Waals surface area (Å²) in [5.74, 6) is -0.218. The second-order valence-electron chi connectivity index (χ2n) is 7.96. The van der Waals surface area contributed by atoms with Gasteiger partial charge in [0.1, 0.15) is 5.75 Å². The van der Waals surface area contributed by atoms with E-state index in [0.717, 1.165) is 25.2 Å². The summed E-state index contributed by atoms with van der Waals surface area (Å²) < 4.78 is 5.43. The van der Waals surface area contributed by atoms with E-state index in [2.05, 4.69) is 59.6 Å². The van der Waals surface area contributed by atoms with Gasteiger partial charge in [-0.1, -0.05) is 48.5 Å². The first-order valence-electron chi connectivity index (χ1n) is 10.4. The monoisotopic (exact) mass is 404 g/mol. The molecule has 156 valence electrons. The number of rotatable bonds is 7. The van der Waals surface area contributed by atoms with Crippen LogP contribution in [0.25, 0.3) is 10.8 Å². The van der Waals surface area contributed by atoms with E-state index >= 15 is 0 Å². The van der Waals surface area contributed by atoms with Crippen LogP contribution in [0.5, 0.6) is 5.75 Å². The molecule has 0 radical (unpaired) electrons. The van der Waals surface area contributed by atoms with Crippen LogP contribution in [0.4, 0.5) is 5.69 Å². The zero-order chi connectivity index (χ0) is 21.1. The van der Waals surface area contributed by atoms with Crippen molar-refractivity contribution in [3.8, 4) is 5.75 Å². The van der Waals surface area contributed by atoms with Crippen molar-refractivity contribution in [2.24, 2.45) is 0 Å². The van der Waals surface area contributed by atoms with Crippen molar-refractivity contribution in [2.45, 2.75) is 31.8 Å². The molecule has 0 aliphatic carbocycles. The molecule has 0 aromatic heterocycles. The number of hydrogen-bond donors (Lipinski definition) is 2. The Labute approximate surface area is 177 Å². The van der Waals surface area contributed by atoms with Gasteiger partial charge in [0.25, 0.3) is 0 Å². The van der Waals surface area contributed by atoms with Gasteiger partial charge in [-0.2, -0.15) is 0 Å². The number of nitrogens with one attached hydrogen (secondary N) is 1. The highest BCUT2D eigenvalue weighted by Crippen LogP contribution is 2.30. The fourth-order valence-electron chi connectivity index (χ4n) is 4.44. The average Bonchev–Trinajstić information content (AvgIpc) is 3.21. The van der Waals surface area contributed by atoms with Gasteiger partial charge < -0.3 is 20.1 Å². The van der Waals surface area contributed by atoms with E-state index in [0.29, 0.717) is 17.4 Å². The third kappa shape index (κ3) is 4.26. The van der Waals surface area contributed by atoms with Crippen LogP contribution in [-0.2, 0) is 11.2 Å². The van der Waals surface area contributed by atoms with Crippen LogP contribution >= 0.6 is 0 Å². The number of benzene rings is 3. The van der Waals surface area contributed by atoms with E-state index in [9.17, 15) is 4.79 Å². The lowest BCUT2D eigenvalue weighted by Gasteiger charge is -2.23. The van der Waals surface area contributed by atoms with Crippen molar-refractivity contribution < 1.29 is 14.6 Å². The molecule has 30 heavy (non-hydrogen) atoms. The van der Waals surface area contributed by atoms with Crippen LogP contribution in [-0.4, -0.2) is 37.3 Å². The molecule has 3 aromatic rings.